The summed E-state index contributed by atoms with van der Waals surface area (Å²) in [5, 5.41) is 5.08. The van der Waals surface area contributed by atoms with Crippen molar-refractivity contribution in [2.45, 2.75) is 44.6 Å². The highest BCUT2D eigenvalue weighted by Crippen LogP contribution is 2.36. The molecular formula is C22H26ClN3O. The van der Waals surface area contributed by atoms with Gasteiger partial charge >= 0.3 is 0 Å². The Morgan fingerprint density at radius 3 is 2.67 bits per heavy atom. The Labute approximate surface area is 165 Å². The van der Waals surface area contributed by atoms with Crippen LogP contribution in [0.2, 0.25) is 5.02 Å². The number of rotatable bonds is 3. The molecule has 2 heterocycles. The molecule has 4 rings (SSSR count). The van der Waals surface area contributed by atoms with E-state index in [1.165, 1.54) is 25.7 Å². The summed E-state index contributed by atoms with van der Waals surface area (Å²) in [5.41, 5.74) is 2.60. The number of nitrogens with zero attached hydrogens (tertiary/aromatic N) is 3. The van der Waals surface area contributed by atoms with Crippen LogP contribution in [0, 0.1) is 5.92 Å². The molecule has 1 saturated heterocycles. The van der Waals surface area contributed by atoms with E-state index >= 15 is 0 Å². The van der Waals surface area contributed by atoms with Gasteiger partial charge in [-0.25, -0.2) is 0 Å². The molecular weight excluding hydrogens is 358 g/mol. The lowest BCUT2D eigenvalue weighted by atomic mass is 9.78. The molecule has 4 nitrogen and oxygen atoms in total. The molecule has 1 aromatic carbocycles. The molecule has 0 spiro atoms. The van der Waals surface area contributed by atoms with Crippen molar-refractivity contribution in [1.82, 2.24) is 14.7 Å². The summed E-state index contributed by atoms with van der Waals surface area (Å²) in [6.45, 7) is 0.870. The molecule has 27 heavy (non-hydrogen) atoms. The van der Waals surface area contributed by atoms with Crippen LogP contribution in [0.4, 0.5) is 0 Å². The quantitative estimate of drug-likeness (QED) is 0.744. The normalized spacial score (nSPS) is 22.8. The van der Waals surface area contributed by atoms with Gasteiger partial charge in [-0.1, -0.05) is 42.7 Å². The van der Waals surface area contributed by atoms with Crippen molar-refractivity contribution in [2.75, 3.05) is 6.54 Å². The second-order valence-electron chi connectivity index (χ2n) is 7.70. The molecule has 0 radical (unpaired) electrons. The summed E-state index contributed by atoms with van der Waals surface area (Å²) in [4.78, 5) is 15.5. The minimum Gasteiger partial charge on any atom is -0.335 e. The molecule has 2 aromatic rings. The third-order valence-electron chi connectivity index (χ3n) is 6.02. The fraction of sp³-hybridized carbons (Fsp3) is 0.455. The van der Waals surface area contributed by atoms with E-state index in [9.17, 15) is 4.79 Å². The van der Waals surface area contributed by atoms with E-state index in [4.69, 9.17) is 11.6 Å². The number of carbonyl (C=O) groups excluding carboxylic acids is 1. The van der Waals surface area contributed by atoms with Crippen LogP contribution in [0.25, 0.3) is 12.2 Å². The largest absolute Gasteiger partial charge is 0.335 e. The fourth-order valence-corrected chi connectivity index (χ4v) is 4.72. The van der Waals surface area contributed by atoms with Crippen molar-refractivity contribution < 1.29 is 4.79 Å². The molecule has 1 aliphatic carbocycles. The van der Waals surface area contributed by atoms with E-state index in [0.717, 1.165) is 35.7 Å². The third kappa shape index (κ3) is 3.81. The average molecular weight is 384 g/mol. The van der Waals surface area contributed by atoms with E-state index in [1.807, 2.05) is 43.5 Å². The van der Waals surface area contributed by atoms with Crippen molar-refractivity contribution in [3.8, 4) is 0 Å². The van der Waals surface area contributed by atoms with Gasteiger partial charge in [0.25, 0.3) is 5.91 Å². The van der Waals surface area contributed by atoms with E-state index in [1.54, 1.807) is 10.9 Å². The van der Waals surface area contributed by atoms with Crippen LogP contribution in [0.1, 0.15) is 60.1 Å². The van der Waals surface area contributed by atoms with Gasteiger partial charge in [-0.2, -0.15) is 5.10 Å². The zero-order valence-electron chi connectivity index (χ0n) is 15.8. The molecule has 1 aliphatic heterocycles. The van der Waals surface area contributed by atoms with Crippen molar-refractivity contribution in [1.29, 1.82) is 0 Å². The van der Waals surface area contributed by atoms with Crippen LogP contribution in [-0.2, 0) is 7.05 Å². The molecule has 2 unspecified atom stereocenters. The van der Waals surface area contributed by atoms with Gasteiger partial charge in [0, 0.05) is 24.7 Å². The molecule has 2 atom stereocenters. The number of benzene rings is 1. The predicted octanol–water partition coefficient (Wildman–Crippen LogP) is 5.04. The molecule has 0 bridgehead atoms. The van der Waals surface area contributed by atoms with E-state index < -0.39 is 0 Å². The highest BCUT2D eigenvalue weighted by Gasteiger charge is 2.36. The van der Waals surface area contributed by atoms with Crippen LogP contribution < -0.4 is 0 Å². The highest BCUT2D eigenvalue weighted by atomic mass is 35.5. The van der Waals surface area contributed by atoms with Gasteiger partial charge in [0.15, 0.2) is 0 Å². The Hall–Kier alpha value is -2.07. The average Bonchev–Trinajstić information content (AvgIpc) is 3.07. The Morgan fingerprint density at radius 2 is 1.85 bits per heavy atom. The minimum absolute atomic E-state index is 0.135. The predicted molar refractivity (Wildman–Crippen MR) is 110 cm³/mol. The maximum atomic E-state index is 13.4. The van der Waals surface area contributed by atoms with E-state index in [2.05, 4.69) is 10.00 Å². The molecule has 2 aliphatic rings. The summed E-state index contributed by atoms with van der Waals surface area (Å²) >= 11 is 5.96. The van der Waals surface area contributed by atoms with E-state index in [-0.39, 0.29) is 5.91 Å². The monoisotopic (exact) mass is 383 g/mol. The third-order valence-corrected chi connectivity index (χ3v) is 6.27. The van der Waals surface area contributed by atoms with Gasteiger partial charge in [0.1, 0.15) is 0 Å². The van der Waals surface area contributed by atoms with E-state index in [0.29, 0.717) is 17.5 Å². The number of aromatic nitrogens is 2. The summed E-state index contributed by atoms with van der Waals surface area (Å²) in [7, 11) is 1.89. The first kappa shape index (κ1) is 18.3. The van der Waals surface area contributed by atoms with Crippen LogP contribution in [-0.4, -0.2) is 33.2 Å². The van der Waals surface area contributed by atoms with Crippen LogP contribution >= 0.6 is 11.6 Å². The number of carbonyl (C=O) groups is 1. The molecule has 2 fully saturated rings. The Bertz CT molecular complexity index is 838. The lowest BCUT2D eigenvalue weighted by molar-refractivity contribution is 0.0390. The molecule has 1 aromatic heterocycles. The topological polar surface area (TPSA) is 38.1 Å². The fourth-order valence-electron chi connectivity index (χ4n) is 4.59. The SMILES string of the molecule is Cn1ncc(C(=O)N2CCCC3CCCCC32)c1C=Cc1ccc(Cl)cc1. The molecule has 142 valence electrons. The van der Waals surface area contributed by atoms with Gasteiger partial charge in [-0.05, 0) is 55.4 Å². The minimum atomic E-state index is 0.135. The van der Waals surface area contributed by atoms with Gasteiger partial charge in [-0.3, -0.25) is 9.48 Å². The van der Waals surface area contributed by atoms with Crippen molar-refractivity contribution in [3.05, 3.63) is 52.3 Å². The number of halogens is 1. The van der Waals surface area contributed by atoms with Crippen molar-refractivity contribution in [2.24, 2.45) is 13.0 Å². The molecule has 1 saturated carbocycles. The number of fused-ring (bicyclic) bond motifs is 1. The summed E-state index contributed by atoms with van der Waals surface area (Å²) < 4.78 is 1.78. The zero-order chi connectivity index (χ0) is 18.8. The highest BCUT2D eigenvalue weighted by molar-refractivity contribution is 6.30. The maximum Gasteiger partial charge on any atom is 0.257 e. The van der Waals surface area contributed by atoms with Crippen LogP contribution in [0.15, 0.2) is 30.5 Å². The first-order valence-corrected chi connectivity index (χ1v) is 10.3. The van der Waals surface area contributed by atoms with Gasteiger partial charge in [-0.15, -0.1) is 0 Å². The smallest absolute Gasteiger partial charge is 0.257 e. The number of hydrogen-bond donors (Lipinski definition) is 0. The summed E-state index contributed by atoms with van der Waals surface area (Å²) in [6.07, 6.45) is 13.0. The first-order valence-electron chi connectivity index (χ1n) is 9.90. The molecule has 1 amide bonds. The zero-order valence-corrected chi connectivity index (χ0v) is 16.5. The van der Waals surface area contributed by atoms with Crippen molar-refractivity contribution >= 4 is 29.7 Å². The van der Waals surface area contributed by atoms with Gasteiger partial charge in [0.2, 0.25) is 0 Å². The Balaban J connectivity index is 1.58. The van der Waals surface area contributed by atoms with Crippen LogP contribution in [0.3, 0.4) is 0 Å². The second kappa shape index (κ2) is 7.89. The van der Waals surface area contributed by atoms with Gasteiger partial charge < -0.3 is 4.90 Å². The summed E-state index contributed by atoms with van der Waals surface area (Å²) in [5.74, 6) is 0.816. The lowest BCUT2D eigenvalue weighted by Gasteiger charge is -2.44. The Kier molecular flexibility index (Phi) is 5.35. The summed E-state index contributed by atoms with van der Waals surface area (Å²) in [6, 6.07) is 8.08. The number of hydrogen-bond acceptors (Lipinski definition) is 2. The standard InChI is InChI=1S/C22H26ClN3O/c1-25-21(13-10-16-8-11-18(23)12-9-16)19(15-24-25)22(27)26-14-4-6-17-5-2-3-7-20(17)26/h8-13,15,17,20H,2-7,14H2,1H3. The molecule has 5 heteroatoms. The Morgan fingerprint density at radius 1 is 1.11 bits per heavy atom. The number of amides is 1. The van der Waals surface area contributed by atoms with Crippen LogP contribution in [0.5, 0.6) is 0 Å². The van der Waals surface area contributed by atoms with Gasteiger partial charge in [0.05, 0.1) is 17.5 Å². The molecule has 0 N–H and O–H groups in total. The number of aryl methyl sites for hydroxylation is 1. The first-order chi connectivity index (χ1) is 13.1. The maximum absolute atomic E-state index is 13.4. The second-order valence-corrected chi connectivity index (χ2v) is 8.14. The number of piperidine rings is 1. The number of likely N-dealkylation sites (tertiary alicyclic amines) is 1. The lowest BCUT2D eigenvalue weighted by Crippen LogP contribution is -2.49. The van der Waals surface area contributed by atoms with Crippen molar-refractivity contribution in [3.63, 3.8) is 0 Å².